The second kappa shape index (κ2) is 8.20. The van der Waals surface area contributed by atoms with Crippen LogP contribution in [0.5, 0.6) is 0 Å². The maximum atomic E-state index is 12.8. The fourth-order valence-electron chi connectivity index (χ4n) is 1.76. The predicted octanol–water partition coefficient (Wildman–Crippen LogP) is 4.12. The minimum absolute atomic E-state index is 0.0827. The van der Waals surface area contributed by atoms with Crippen LogP contribution in [0.15, 0.2) is 60.7 Å². The van der Waals surface area contributed by atoms with Crippen LogP contribution in [-0.2, 0) is 26.8 Å². The van der Waals surface area contributed by atoms with Crippen molar-refractivity contribution in [2.45, 2.75) is 13.2 Å². The van der Waals surface area contributed by atoms with E-state index in [0.29, 0.717) is 0 Å². The SMILES string of the molecule is CNC(=S)P(=O)(OCc1ccccc1)OCc1ccccc1. The molecule has 0 heterocycles. The number of benzene rings is 2. The Morgan fingerprint density at radius 3 is 1.73 bits per heavy atom. The topological polar surface area (TPSA) is 47.6 Å². The van der Waals surface area contributed by atoms with Gasteiger partial charge in [0, 0.05) is 7.05 Å². The molecule has 6 heteroatoms. The lowest BCUT2D eigenvalue weighted by molar-refractivity contribution is 0.202. The van der Waals surface area contributed by atoms with E-state index in [-0.39, 0.29) is 17.9 Å². The van der Waals surface area contributed by atoms with E-state index in [1.54, 1.807) is 7.05 Å². The van der Waals surface area contributed by atoms with Gasteiger partial charge in [0.2, 0.25) is 0 Å². The molecule has 0 spiro atoms. The molecule has 0 radical (unpaired) electrons. The third-order valence-electron chi connectivity index (χ3n) is 2.95. The van der Waals surface area contributed by atoms with Crippen LogP contribution in [0, 0.1) is 0 Å². The number of thiocarbonyl (C=S) groups is 1. The average molecular weight is 335 g/mol. The first kappa shape index (κ1) is 16.8. The minimum atomic E-state index is -3.52. The largest absolute Gasteiger partial charge is 0.388 e. The Morgan fingerprint density at radius 1 is 0.955 bits per heavy atom. The summed E-state index contributed by atoms with van der Waals surface area (Å²) >= 11 is 5.10. The van der Waals surface area contributed by atoms with Gasteiger partial charge in [-0.1, -0.05) is 72.9 Å². The van der Waals surface area contributed by atoms with Crippen molar-refractivity contribution in [3.8, 4) is 0 Å². The van der Waals surface area contributed by atoms with Crippen molar-refractivity contribution in [1.82, 2.24) is 5.32 Å². The van der Waals surface area contributed by atoms with Gasteiger partial charge in [-0.25, -0.2) is 0 Å². The van der Waals surface area contributed by atoms with Crippen LogP contribution in [0.25, 0.3) is 0 Å². The highest BCUT2D eigenvalue weighted by atomic mass is 32.1. The molecule has 22 heavy (non-hydrogen) atoms. The molecule has 0 fully saturated rings. The Hall–Kier alpha value is -1.52. The standard InChI is InChI=1S/C16H18NO3PS/c1-17-16(22)21(18,19-12-14-8-4-2-5-9-14)20-13-15-10-6-3-7-11-15/h2-11H,12-13H2,1H3,(H,17,22). The quantitative estimate of drug-likeness (QED) is 0.609. The van der Waals surface area contributed by atoms with Gasteiger partial charge in [-0.3, -0.25) is 13.6 Å². The van der Waals surface area contributed by atoms with E-state index < -0.39 is 7.60 Å². The molecule has 1 N–H and O–H groups in total. The lowest BCUT2D eigenvalue weighted by Gasteiger charge is -2.19. The van der Waals surface area contributed by atoms with Crippen LogP contribution in [0.2, 0.25) is 0 Å². The van der Waals surface area contributed by atoms with Crippen LogP contribution in [-0.4, -0.2) is 11.8 Å². The van der Waals surface area contributed by atoms with E-state index >= 15 is 0 Å². The summed E-state index contributed by atoms with van der Waals surface area (Å²) in [4.78, 5) is 0. The summed E-state index contributed by atoms with van der Waals surface area (Å²) in [5.41, 5.74) is 1.81. The molecule has 4 nitrogen and oxygen atoms in total. The van der Waals surface area contributed by atoms with Crippen LogP contribution < -0.4 is 5.32 Å². The molecule has 0 atom stereocenters. The first-order valence-electron chi connectivity index (χ1n) is 6.83. The maximum absolute atomic E-state index is 12.8. The van der Waals surface area contributed by atoms with Crippen molar-refractivity contribution in [1.29, 1.82) is 0 Å². The van der Waals surface area contributed by atoms with Crippen molar-refractivity contribution < 1.29 is 13.6 Å². The van der Waals surface area contributed by atoms with Crippen molar-refractivity contribution in [3.05, 3.63) is 71.8 Å². The maximum Gasteiger partial charge on any atom is 0.388 e. The highest BCUT2D eigenvalue weighted by Gasteiger charge is 2.30. The van der Waals surface area contributed by atoms with Gasteiger partial charge in [0.1, 0.15) is 0 Å². The number of hydrogen-bond acceptors (Lipinski definition) is 4. The second-order valence-corrected chi connectivity index (χ2v) is 7.24. The zero-order valence-electron chi connectivity index (χ0n) is 12.3. The van der Waals surface area contributed by atoms with E-state index in [2.05, 4.69) is 5.32 Å². The van der Waals surface area contributed by atoms with E-state index in [9.17, 15) is 4.57 Å². The molecule has 116 valence electrons. The molecule has 0 saturated carbocycles. The lowest BCUT2D eigenvalue weighted by atomic mass is 10.2. The summed E-state index contributed by atoms with van der Waals surface area (Å²) in [5.74, 6) is 0. The van der Waals surface area contributed by atoms with Gasteiger partial charge >= 0.3 is 7.60 Å². The van der Waals surface area contributed by atoms with Crippen molar-refractivity contribution in [3.63, 3.8) is 0 Å². The lowest BCUT2D eigenvalue weighted by Crippen LogP contribution is -2.18. The summed E-state index contributed by atoms with van der Waals surface area (Å²) in [6, 6.07) is 19.0. The zero-order chi connectivity index (χ0) is 15.8. The molecule has 0 aliphatic rings. The monoisotopic (exact) mass is 335 g/mol. The van der Waals surface area contributed by atoms with Gasteiger partial charge in [0.15, 0.2) is 4.73 Å². The fraction of sp³-hybridized carbons (Fsp3) is 0.188. The van der Waals surface area contributed by atoms with Crippen LogP contribution in [0.4, 0.5) is 0 Å². The van der Waals surface area contributed by atoms with E-state index in [4.69, 9.17) is 21.3 Å². The highest BCUT2D eigenvalue weighted by molar-refractivity contribution is 7.97. The molecule has 0 aliphatic carbocycles. The Bertz CT molecular complexity index is 601. The highest BCUT2D eigenvalue weighted by Crippen LogP contribution is 2.50. The van der Waals surface area contributed by atoms with E-state index in [1.165, 1.54) is 0 Å². The van der Waals surface area contributed by atoms with Crippen molar-refractivity contribution in [2.75, 3.05) is 7.05 Å². The first-order valence-corrected chi connectivity index (χ1v) is 8.78. The van der Waals surface area contributed by atoms with Crippen LogP contribution >= 0.6 is 19.8 Å². The van der Waals surface area contributed by atoms with E-state index in [1.807, 2.05) is 60.7 Å². The smallest absolute Gasteiger partial charge is 0.373 e. The second-order valence-electron chi connectivity index (χ2n) is 4.57. The molecular formula is C16H18NO3PS. The summed E-state index contributed by atoms with van der Waals surface area (Å²) < 4.78 is 24.0. The average Bonchev–Trinajstić information content (AvgIpc) is 2.59. The fourth-order valence-corrected chi connectivity index (χ4v) is 3.30. The third kappa shape index (κ3) is 4.75. The van der Waals surface area contributed by atoms with E-state index in [0.717, 1.165) is 11.1 Å². The molecule has 2 aromatic carbocycles. The normalized spacial score (nSPS) is 11.1. The molecule has 0 unspecified atom stereocenters. The molecule has 0 amide bonds. The van der Waals surface area contributed by atoms with Crippen molar-refractivity contribution >= 4 is 24.5 Å². The van der Waals surface area contributed by atoms with Gasteiger partial charge in [-0.15, -0.1) is 0 Å². The molecule has 0 saturated heterocycles. The first-order chi connectivity index (χ1) is 10.6. The molecule has 2 aromatic rings. The number of hydrogen-bond donors (Lipinski definition) is 1. The van der Waals surface area contributed by atoms with Crippen LogP contribution in [0.1, 0.15) is 11.1 Å². The van der Waals surface area contributed by atoms with Crippen LogP contribution in [0.3, 0.4) is 0 Å². The zero-order valence-corrected chi connectivity index (χ0v) is 14.0. The molecule has 0 bridgehead atoms. The molecule has 0 aromatic heterocycles. The summed E-state index contributed by atoms with van der Waals surface area (Å²) in [7, 11) is -1.92. The van der Waals surface area contributed by atoms with Gasteiger partial charge in [0.25, 0.3) is 0 Å². The number of nitrogens with one attached hydrogen (secondary N) is 1. The summed E-state index contributed by atoms with van der Waals surface area (Å²) in [6.07, 6.45) is 0. The third-order valence-corrected chi connectivity index (χ3v) is 5.48. The molecule has 0 aliphatic heterocycles. The Morgan fingerprint density at radius 2 is 1.36 bits per heavy atom. The van der Waals surface area contributed by atoms with Gasteiger partial charge < -0.3 is 5.32 Å². The Labute approximate surface area is 136 Å². The van der Waals surface area contributed by atoms with Gasteiger partial charge in [0.05, 0.1) is 13.2 Å². The minimum Gasteiger partial charge on any atom is -0.373 e. The summed E-state index contributed by atoms with van der Waals surface area (Å²) in [6.45, 7) is 0.351. The Balaban J connectivity index is 2.04. The van der Waals surface area contributed by atoms with Crippen molar-refractivity contribution in [2.24, 2.45) is 0 Å². The number of rotatable bonds is 7. The van der Waals surface area contributed by atoms with Gasteiger partial charge in [-0.05, 0) is 11.1 Å². The molecular weight excluding hydrogens is 317 g/mol. The Kier molecular flexibility index (Phi) is 6.28. The molecule has 2 rings (SSSR count). The predicted molar refractivity (Wildman–Crippen MR) is 91.7 cm³/mol. The summed E-state index contributed by atoms with van der Waals surface area (Å²) in [5, 5.41) is 2.70. The van der Waals surface area contributed by atoms with Gasteiger partial charge in [-0.2, -0.15) is 0 Å².